The molecule has 0 unspecified atom stereocenters. The molecule has 1 aromatic heterocycles. The molecule has 0 bridgehead atoms. The molecule has 0 aliphatic rings. The van der Waals surface area contributed by atoms with Crippen LogP contribution in [0.15, 0.2) is 6.20 Å². The molecule has 0 atom stereocenters. The van der Waals surface area contributed by atoms with Crippen molar-refractivity contribution in [2.24, 2.45) is 0 Å². The Balaban J connectivity index is 2.48. The SMILES string of the molecule is O=[N+]([O-])c1nn(CCCCCCl)cc1Cl. The van der Waals surface area contributed by atoms with Crippen LogP contribution in [0.2, 0.25) is 5.02 Å². The van der Waals surface area contributed by atoms with Crippen LogP contribution in [-0.4, -0.2) is 20.6 Å². The summed E-state index contributed by atoms with van der Waals surface area (Å²) in [5.41, 5.74) is 0. The van der Waals surface area contributed by atoms with Gasteiger partial charge in [0, 0.05) is 5.88 Å². The van der Waals surface area contributed by atoms with Crippen molar-refractivity contribution >= 4 is 29.0 Å². The summed E-state index contributed by atoms with van der Waals surface area (Å²) in [5, 5.41) is 14.3. The quantitative estimate of drug-likeness (QED) is 0.338. The Labute approximate surface area is 97.1 Å². The predicted molar refractivity (Wildman–Crippen MR) is 58.5 cm³/mol. The van der Waals surface area contributed by atoms with Gasteiger partial charge >= 0.3 is 5.82 Å². The fraction of sp³-hybridized carbons (Fsp3) is 0.625. The zero-order valence-corrected chi connectivity index (χ0v) is 9.54. The molecular weight excluding hydrogens is 241 g/mol. The van der Waals surface area contributed by atoms with Crippen LogP contribution in [0.1, 0.15) is 19.3 Å². The second kappa shape index (κ2) is 5.92. The summed E-state index contributed by atoms with van der Waals surface area (Å²) in [6.45, 7) is 0.629. The maximum Gasteiger partial charge on any atom is 0.408 e. The molecule has 0 saturated heterocycles. The summed E-state index contributed by atoms with van der Waals surface area (Å²) < 4.78 is 1.49. The number of aryl methyl sites for hydroxylation is 1. The van der Waals surface area contributed by atoms with Crippen molar-refractivity contribution < 1.29 is 4.92 Å². The van der Waals surface area contributed by atoms with Gasteiger partial charge in [0.05, 0.1) is 17.8 Å². The van der Waals surface area contributed by atoms with Crippen LogP contribution in [0.3, 0.4) is 0 Å². The van der Waals surface area contributed by atoms with E-state index in [1.54, 1.807) is 0 Å². The Morgan fingerprint density at radius 2 is 2.20 bits per heavy atom. The molecule has 1 heterocycles. The normalized spacial score (nSPS) is 10.5. The lowest BCUT2D eigenvalue weighted by molar-refractivity contribution is -0.389. The van der Waals surface area contributed by atoms with E-state index in [9.17, 15) is 10.1 Å². The van der Waals surface area contributed by atoms with Crippen molar-refractivity contribution in [3.63, 3.8) is 0 Å². The number of nitrogens with zero attached hydrogens (tertiary/aromatic N) is 3. The summed E-state index contributed by atoms with van der Waals surface area (Å²) in [4.78, 5) is 9.85. The monoisotopic (exact) mass is 251 g/mol. The van der Waals surface area contributed by atoms with E-state index in [1.165, 1.54) is 10.9 Å². The molecule has 0 amide bonds. The third-order valence-electron chi connectivity index (χ3n) is 1.89. The van der Waals surface area contributed by atoms with Crippen LogP contribution in [0, 0.1) is 10.1 Å². The molecule has 0 aliphatic carbocycles. The molecule has 1 aromatic rings. The smallest absolute Gasteiger partial charge is 0.358 e. The largest absolute Gasteiger partial charge is 0.408 e. The van der Waals surface area contributed by atoms with Gasteiger partial charge in [-0.05, 0) is 17.8 Å². The summed E-state index contributed by atoms with van der Waals surface area (Å²) in [5.74, 6) is 0.356. The summed E-state index contributed by atoms with van der Waals surface area (Å²) in [6.07, 6.45) is 4.29. The summed E-state index contributed by atoms with van der Waals surface area (Å²) in [6, 6.07) is 0. The zero-order chi connectivity index (χ0) is 11.3. The molecule has 84 valence electrons. The predicted octanol–water partition coefficient (Wildman–Crippen LogP) is 2.85. The Kier molecular flexibility index (Phi) is 4.84. The van der Waals surface area contributed by atoms with Gasteiger partial charge in [0.15, 0.2) is 5.02 Å². The van der Waals surface area contributed by atoms with E-state index in [0.29, 0.717) is 12.4 Å². The zero-order valence-electron chi connectivity index (χ0n) is 8.03. The highest BCUT2D eigenvalue weighted by atomic mass is 35.5. The van der Waals surface area contributed by atoms with Crippen molar-refractivity contribution in [3.8, 4) is 0 Å². The van der Waals surface area contributed by atoms with Crippen LogP contribution in [-0.2, 0) is 6.54 Å². The second-order valence-electron chi connectivity index (χ2n) is 3.07. The van der Waals surface area contributed by atoms with E-state index >= 15 is 0 Å². The third kappa shape index (κ3) is 3.68. The molecule has 1 rings (SSSR count). The van der Waals surface area contributed by atoms with Crippen LogP contribution >= 0.6 is 23.2 Å². The Hall–Kier alpha value is -0.810. The third-order valence-corrected chi connectivity index (χ3v) is 2.43. The molecular formula is C8H11Cl2N3O2. The topological polar surface area (TPSA) is 61.0 Å². The van der Waals surface area contributed by atoms with E-state index in [-0.39, 0.29) is 10.8 Å². The van der Waals surface area contributed by atoms with Gasteiger partial charge in [-0.1, -0.05) is 18.0 Å². The van der Waals surface area contributed by atoms with Crippen LogP contribution in [0.25, 0.3) is 0 Å². The van der Waals surface area contributed by atoms with E-state index in [2.05, 4.69) is 5.10 Å². The highest BCUT2D eigenvalue weighted by Gasteiger charge is 2.18. The van der Waals surface area contributed by atoms with Crippen molar-refractivity contribution in [2.75, 3.05) is 5.88 Å². The fourth-order valence-corrected chi connectivity index (χ4v) is 1.58. The molecule has 15 heavy (non-hydrogen) atoms. The van der Waals surface area contributed by atoms with Gasteiger partial charge in [0.1, 0.15) is 0 Å². The molecule has 0 saturated carbocycles. The van der Waals surface area contributed by atoms with Gasteiger partial charge in [0.25, 0.3) is 0 Å². The van der Waals surface area contributed by atoms with Crippen LogP contribution in [0.4, 0.5) is 5.82 Å². The summed E-state index contributed by atoms with van der Waals surface area (Å²) >= 11 is 11.2. The second-order valence-corrected chi connectivity index (χ2v) is 3.86. The average molecular weight is 252 g/mol. The first-order valence-electron chi connectivity index (χ1n) is 4.58. The van der Waals surface area contributed by atoms with Crippen molar-refractivity contribution in [2.45, 2.75) is 25.8 Å². The highest BCUT2D eigenvalue weighted by Crippen LogP contribution is 2.21. The van der Waals surface area contributed by atoms with Gasteiger partial charge in [-0.25, -0.2) is 0 Å². The van der Waals surface area contributed by atoms with E-state index in [1.807, 2.05) is 0 Å². The average Bonchev–Trinajstić information content (AvgIpc) is 2.55. The molecule has 0 N–H and O–H groups in total. The maximum atomic E-state index is 10.4. The van der Waals surface area contributed by atoms with E-state index in [4.69, 9.17) is 23.2 Å². The molecule has 7 heteroatoms. The number of unbranched alkanes of at least 4 members (excludes halogenated alkanes) is 2. The number of aromatic nitrogens is 2. The minimum absolute atomic E-state index is 0.0809. The number of nitro groups is 1. The lowest BCUT2D eigenvalue weighted by atomic mass is 10.2. The fourth-order valence-electron chi connectivity index (χ4n) is 1.17. The first kappa shape index (κ1) is 12.3. The molecule has 0 radical (unpaired) electrons. The number of hydrogen-bond acceptors (Lipinski definition) is 3. The Morgan fingerprint density at radius 1 is 1.47 bits per heavy atom. The molecule has 5 nitrogen and oxygen atoms in total. The molecule has 0 spiro atoms. The first-order chi connectivity index (χ1) is 7.15. The minimum Gasteiger partial charge on any atom is -0.358 e. The van der Waals surface area contributed by atoms with Crippen LogP contribution in [0.5, 0.6) is 0 Å². The van der Waals surface area contributed by atoms with Crippen molar-refractivity contribution in [1.82, 2.24) is 9.78 Å². The van der Waals surface area contributed by atoms with E-state index < -0.39 is 4.92 Å². The van der Waals surface area contributed by atoms with Gasteiger partial charge in [-0.15, -0.1) is 11.6 Å². The standard InChI is InChI=1S/C8H11Cl2N3O2/c9-4-2-1-3-5-12-6-7(10)8(11-12)13(14)15/h6H,1-5H2. The Morgan fingerprint density at radius 3 is 2.73 bits per heavy atom. The number of hydrogen-bond donors (Lipinski definition) is 0. The minimum atomic E-state index is -0.586. The van der Waals surface area contributed by atoms with Crippen LogP contribution < -0.4 is 0 Å². The number of halogens is 2. The van der Waals surface area contributed by atoms with Gasteiger partial charge in [-0.3, -0.25) is 0 Å². The number of rotatable bonds is 6. The molecule has 0 aromatic carbocycles. The van der Waals surface area contributed by atoms with Gasteiger partial charge in [-0.2, -0.15) is 4.68 Å². The first-order valence-corrected chi connectivity index (χ1v) is 5.49. The number of alkyl halides is 1. The highest BCUT2D eigenvalue weighted by molar-refractivity contribution is 6.32. The lowest BCUT2D eigenvalue weighted by Gasteiger charge is -1.95. The Bertz CT molecular complexity index is 341. The summed E-state index contributed by atoms with van der Waals surface area (Å²) in [7, 11) is 0. The lowest BCUT2D eigenvalue weighted by Crippen LogP contribution is -1.99. The van der Waals surface area contributed by atoms with Crippen molar-refractivity contribution in [1.29, 1.82) is 0 Å². The van der Waals surface area contributed by atoms with E-state index in [0.717, 1.165) is 19.3 Å². The van der Waals surface area contributed by atoms with Gasteiger partial charge in [0.2, 0.25) is 0 Å². The van der Waals surface area contributed by atoms with Crippen molar-refractivity contribution in [3.05, 3.63) is 21.3 Å². The maximum absolute atomic E-state index is 10.4. The van der Waals surface area contributed by atoms with Gasteiger partial charge < -0.3 is 10.1 Å². The molecule has 0 fully saturated rings. The molecule has 0 aliphatic heterocycles.